The highest BCUT2D eigenvalue weighted by Gasteiger charge is 2.16. The molecule has 5 nitrogen and oxygen atoms in total. The molecule has 0 heterocycles. The van der Waals surface area contributed by atoms with Gasteiger partial charge in [0.05, 0.1) is 16.3 Å². The molecule has 0 atom stereocenters. The fourth-order valence-electron chi connectivity index (χ4n) is 0.993. The fraction of sp³-hybridized carbons (Fsp3) is 0. The van der Waals surface area contributed by atoms with Crippen LogP contribution in [0.25, 0.3) is 0 Å². The van der Waals surface area contributed by atoms with Crippen molar-refractivity contribution in [1.82, 2.24) is 0 Å². The summed E-state index contributed by atoms with van der Waals surface area (Å²) in [5.74, 6) is -1.26. The number of rotatable bonds is 2. The highest BCUT2D eigenvalue weighted by Crippen LogP contribution is 2.30. The van der Waals surface area contributed by atoms with Gasteiger partial charge in [0.15, 0.2) is 0 Å². The number of carboxylic acids is 1. The smallest absolute Gasteiger partial charge is 0.337 e. The molecule has 0 aliphatic heterocycles. The molecule has 1 rings (SSSR count). The molecule has 0 radical (unpaired) electrons. The molecule has 0 saturated heterocycles. The van der Waals surface area contributed by atoms with Crippen LogP contribution in [-0.4, -0.2) is 17.1 Å². The van der Waals surface area contributed by atoms with Gasteiger partial charge in [-0.2, -0.15) is 0 Å². The van der Waals surface area contributed by atoms with E-state index in [2.05, 4.69) is 5.32 Å². The zero-order valence-electron chi connectivity index (χ0n) is 7.25. The second kappa shape index (κ2) is 4.37. The van der Waals surface area contributed by atoms with Crippen molar-refractivity contribution >= 4 is 40.9 Å². The number of aromatic carboxylic acids is 1. The molecule has 1 aromatic rings. The van der Waals surface area contributed by atoms with E-state index < -0.39 is 12.0 Å². The lowest BCUT2D eigenvalue weighted by Gasteiger charge is -2.08. The second-order valence-electron chi connectivity index (χ2n) is 2.60. The van der Waals surface area contributed by atoms with Crippen LogP contribution in [0.2, 0.25) is 10.0 Å². The third-order valence-electron chi connectivity index (χ3n) is 1.53. The average molecular weight is 249 g/mol. The minimum Gasteiger partial charge on any atom is -0.478 e. The normalized spacial score (nSPS) is 9.73. The van der Waals surface area contributed by atoms with Crippen molar-refractivity contribution in [3.8, 4) is 0 Å². The summed E-state index contributed by atoms with van der Waals surface area (Å²) in [4.78, 5) is 21.4. The maximum absolute atomic E-state index is 10.8. The molecule has 0 unspecified atom stereocenters. The topological polar surface area (TPSA) is 92.4 Å². The van der Waals surface area contributed by atoms with E-state index in [0.29, 0.717) is 0 Å². The van der Waals surface area contributed by atoms with Crippen molar-refractivity contribution in [2.75, 3.05) is 5.32 Å². The van der Waals surface area contributed by atoms with Gasteiger partial charge in [-0.1, -0.05) is 23.2 Å². The Hall–Kier alpha value is -1.46. The molecular weight excluding hydrogens is 243 g/mol. The number of nitrogens with two attached hydrogens (primary N) is 1. The van der Waals surface area contributed by atoms with E-state index in [-0.39, 0.29) is 21.3 Å². The Morgan fingerprint density at radius 2 is 1.93 bits per heavy atom. The van der Waals surface area contributed by atoms with E-state index >= 15 is 0 Å². The van der Waals surface area contributed by atoms with Crippen LogP contribution in [0.3, 0.4) is 0 Å². The summed E-state index contributed by atoms with van der Waals surface area (Å²) < 4.78 is 0. The molecular formula is C8H6Cl2N2O3. The van der Waals surface area contributed by atoms with Crippen molar-refractivity contribution < 1.29 is 14.7 Å². The molecule has 4 N–H and O–H groups in total. The van der Waals surface area contributed by atoms with Gasteiger partial charge in [-0.05, 0) is 12.1 Å². The molecule has 0 aliphatic rings. The van der Waals surface area contributed by atoms with Crippen molar-refractivity contribution in [2.24, 2.45) is 5.73 Å². The predicted molar refractivity (Wildman–Crippen MR) is 56.6 cm³/mol. The quantitative estimate of drug-likeness (QED) is 0.749. The average Bonchev–Trinajstić information content (AvgIpc) is 2.08. The minimum absolute atomic E-state index is 0.0127. The molecule has 0 spiro atoms. The van der Waals surface area contributed by atoms with Gasteiger partial charge >= 0.3 is 12.0 Å². The zero-order valence-corrected chi connectivity index (χ0v) is 8.76. The summed E-state index contributed by atoms with van der Waals surface area (Å²) >= 11 is 11.3. The van der Waals surface area contributed by atoms with Gasteiger partial charge in [-0.15, -0.1) is 0 Å². The van der Waals surface area contributed by atoms with Crippen LogP contribution in [0.1, 0.15) is 10.4 Å². The summed E-state index contributed by atoms with van der Waals surface area (Å²) in [6.07, 6.45) is 0. The number of amides is 2. The number of carbonyl (C=O) groups excluding carboxylic acids is 1. The van der Waals surface area contributed by atoms with E-state index in [9.17, 15) is 9.59 Å². The molecule has 0 aliphatic carbocycles. The Morgan fingerprint density at radius 1 is 1.33 bits per heavy atom. The lowest BCUT2D eigenvalue weighted by Crippen LogP contribution is -2.21. The molecule has 0 aromatic heterocycles. The molecule has 0 saturated carbocycles. The number of nitrogens with one attached hydrogen (secondary N) is 1. The van der Waals surface area contributed by atoms with E-state index in [1.165, 1.54) is 12.1 Å². The molecule has 15 heavy (non-hydrogen) atoms. The van der Waals surface area contributed by atoms with Gasteiger partial charge in [0.25, 0.3) is 0 Å². The molecule has 2 amide bonds. The number of benzene rings is 1. The molecule has 7 heteroatoms. The van der Waals surface area contributed by atoms with Crippen molar-refractivity contribution in [3.63, 3.8) is 0 Å². The maximum atomic E-state index is 10.8. The number of urea groups is 1. The summed E-state index contributed by atoms with van der Waals surface area (Å²) in [6.45, 7) is 0. The van der Waals surface area contributed by atoms with E-state index in [1.807, 2.05) is 0 Å². The third-order valence-corrected chi connectivity index (χ3v) is 2.05. The molecule has 1 aromatic carbocycles. The second-order valence-corrected chi connectivity index (χ2v) is 3.45. The molecule has 0 fully saturated rings. The predicted octanol–water partition coefficient (Wildman–Crippen LogP) is 2.18. The van der Waals surface area contributed by atoms with E-state index in [4.69, 9.17) is 34.0 Å². The SMILES string of the molecule is NC(=O)Nc1c(Cl)cc(Cl)cc1C(=O)O. The number of hydrogen-bond donors (Lipinski definition) is 3. The van der Waals surface area contributed by atoms with Crippen LogP contribution in [0.4, 0.5) is 10.5 Å². The van der Waals surface area contributed by atoms with Crippen molar-refractivity contribution in [3.05, 3.63) is 27.7 Å². The van der Waals surface area contributed by atoms with Crippen molar-refractivity contribution in [2.45, 2.75) is 0 Å². The van der Waals surface area contributed by atoms with Gasteiger partial charge in [-0.3, -0.25) is 0 Å². The Morgan fingerprint density at radius 3 is 2.40 bits per heavy atom. The van der Waals surface area contributed by atoms with Gasteiger partial charge < -0.3 is 16.2 Å². The van der Waals surface area contributed by atoms with Gasteiger partial charge in [-0.25, -0.2) is 9.59 Å². The number of carbonyl (C=O) groups is 2. The first kappa shape index (κ1) is 11.6. The lowest BCUT2D eigenvalue weighted by atomic mass is 10.2. The maximum Gasteiger partial charge on any atom is 0.337 e. The van der Waals surface area contributed by atoms with E-state index in [1.54, 1.807) is 0 Å². The van der Waals surface area contributed by atoms with Crippen LogP contribution >= 0.6 is 23.2 Å². The largest absolute Gasteiger partial charge is 0.478 e. The number of carboxylic acid groups (broad SMARTS) is 1. The van der Waals surface area contributed by atoms with Crippen molar-refractivity contribution in [1.29, 1.82) is 0 Å². The van der Waals surface area contributed by atoms with E-state index in [0.717, 1.165) is 0 Å². The highest BCUT2D eigenvalue weighted by molar-refractivity contribution is 6.37. The Bertz CT molecular complexity index is 434. The van der Waals surface area contributed by atoms with Crippen LogP contribution in [0.15, 0.2) is 12.1 Å². The zero-order chi connectivity index (χ0) is 11.6. The summed E-state index contributed by atoms with van der Waals surface area (Å²) in [5, 5.41) is 11.1. The van der Waals surface area contributed by atoms with Crippen LogP contribution < -0.4 is 11.1 Å². The number of anilines is 1. The Labute approximate surface area is 94.8 Å². The number of primary amides is 1. The summed E-state index contributed by atoms with van der Waals surface area (Å²) in [7, 11) is 0. The van der Waals surface area contributed by atoms with Gasteiger partial charge in [0.1, 0.15) is 0 Å². The van der Waals surface area contributed by atoms with Gasteiger partial charge in [0, 0.05) is 5.02 Å². The van der Waals surface area contributed by atoms with Crippen LogP contribution in [0.5, 0.6) is 0 Å². The fourth-order valence-corrected chi connectivity index (χ4v) is 1.53. The Balaban J connectivity index is 3.33. The monoisotopic (exact) mass is 248 g/mol. The Kier molecular flexibility index (Phi) is 3.39. The van der Waals surface area contributed by atoms with Crippen LogP contribution in [-0.2, 0) is 0 Å². The number of hydrogen-bond acceptors (Lipinski definition) is 2. The standard InChI is InChI=1S/C8H6Cl2N2O3/c9-3-1-4(7(13)14)6(5(10)2-3)12-8(11)15/h1-2H,(H,13,14)(H3,11,12,15). The number of halogens is 2. The first-order valence-electron chi connectivity index (χ1n) is 3.70. The summed E-state index contributed by atoms with van der Waals surface area (Å²) in [6, 6.07) is 1.57. The molecule has 0 bridgehead atoms. The first-order valence-corrected chi connectivity index (χ1v) is 4.46. The third kappa shape index (κ3) is 2.74. The first-order chi connectivity index (χ1) is 6.91. The minimum atomic E-state index is -1.26. The van der Waals surface area contributed by atoms with Gasteiger partial charge in [0.2, 0.25) is 0 Å². The van der Waals surface area contributed by atoms with Crippen LogP contribution in [0, 0.1) is 0 Å². The highest BCUT2D eigenvalue weighted by atomic mass is 35.5. The molecule has 80 valence electrons. The lowest BCUT2D eigenvalue weighted by molar-refractivity contribution is 0.0698. The summed E-state index contributed by atoms with van der Waals surface area (Å²) in [5.41, 5.74) is 4.58.